The lowest BCUT2D eigenvalue weighted by molar-refractivity contribution is -0.120. The molecule has 1 aliphatic carbocycles. The lowest BCUT2D eigenvalue weighted by Crippen LogP contribution is -2.48. The first-order valence-electron chi connectivity index (χ1n) is 8.35. The number of pyridine rings is 1. The van der Waals surface area contributed by atoms with E-state index in [0.717, 1.165) is 22.3 Å². The van der Waals surface area contributed by atoms with Gasteiger partial charge in [0.2, 0.25) is 5.91 Å². The van der Waals surface area contributed by atoms with Crippen molar-refractivity contribution in [2.24, 2.45) is 5.73 Å². The summed E-state index contributed by atoms with van der Waals surface area (Å²) in [5, 5.41) is 2.80. The Morgan fingerprint density at radius 2 is 1.54 bits per heavy atom. The Balaban J connectivity index is 1.76. The number of primary amides is 1. The lowest BCUT2D eigenvalue weighted by Gasteiger charge is -2.24. The standard InChI is InChI=1S/C21H17N3O2/c22-20(25)19(24-21(26)13-6-5-11-23-12-13)18-16-9-3-1-7-14(16)15-8-2-4-10-17(15)18/h1-12,18-19H,(H2,22,25)(H,24,26)/t19-/m0/s1. The van der Waals surface area contributed by atoms with Gasteiger partial charge in [0.1, 0.15) is 6.04 Å². The molecule has 0 aliphatic heterocycles. The lowest BCUT2D eigenvalue weighted by atomic mass is 9.88. The molecule has 0 saturated carbocycles. The molecule has 5 nitrogen and oxygen atoms in total. The molecule has 0 bridgehead atoms. The van der Waals surface area contributed by atoms with Gasteiger partial charge in [-0.15, -0.1) is 0 Å². The maximum absolute atomic E-state index is 12.6. The molecule has 0 spiro atoms. The Morgan fingerprint density at radius 3 is 2.08 bits per heavy atom. The number of nitrogens with zero attached hydrogens (tertiary/aromatic N) is 1. The number of fused-ring (bicyclic) bond motifs is 3. The Morgan fingerprint density at radius 1 is 0.923 bits per heavy atom. The fourth-order valence-corrected chi connectivity index (χ4v) is 3.59. The Kier molecular flexibility index (Phi) is 3.97. The average Bonchev–Trinajstić information content (AvgIpc) is 3.01. The zero-order chi connectivity index (χ0) is 18.1. The molecule has 2 amide bonds. The first kappa shape index (κ1) is 16.0. The number of rotatable bonds is 4. The third-order valence-electron chi connectivity index (χ3n) is 4.73. The van der Waals surface area contributed by atoms with Crippen molar-refractivity contribution in [3.8, 4) is 11.1 Å². The first-order valence-corrected chi connectivity index (χ1v) is 8.35. The van der Waals surface area contributed by atoms with Crippen molar-refractivity contribution < 1.29 is 9.59 Å². The van der Waals surface area contributed by atoms with E-state index in [2.05, 4.69) is 10.3 Å². The zero-order valence-electron chi connectivity index (χ0n) is 13.9. The van der Waals surface area contributed by atoms with Crippen molar-refractivity contribution in [1.82, 2.24) is 10.3 Å². The van der Waals surface area contributed by atoms with Gasteiger partial charge in [-0.3, -0.25) is 14.6 Å². The highest BCUT2D eigenvalue weighted by Crippen LogP contribution is 2.46. The number of hydrogen-bond acceptors (Lipinski definition) is 3. The van der Waals surface area contributed by atoms with Crippen molar-refractivity contribution in [2.45, 2.75) is 12.0 Å². The molecule has 1 aromatic heterocycles. The molecule has 0 unspecified atom stereocenters. The minimum absolute atomic E-state index is 0.319. The SMILES string of the molecule is NC(=O)[C@@H](NC(=O)c1cccnc1)C1c2ccccc2-c2ccccc21. The van der Waals surface area contributed by atoms with Crippen molar-refractivity contribution in [3.05, 3.63) is 89.7 Å². The van der Waals surface area contributed by atoms with Crippen LogP contribution >= 0.6 is 0 Å². The van der Waals surface area contributed by atoms with Gasteiger partial charge < -0.3 is 11.1 Å². The quantitative estimate of drug-likeness (QED) is 0.763. The summed E-state index contributed by atoms with van der Waals surface area (Å²) in [5.74, 6) is -1.26. The van der Waals surface area contributed by atoms with Crippen LogP contribution in [0.4, 0.5) is 0 Å². The summed E-state index contributed by atoms with van der Waals surface area (Å²) in [7, 11) is 0. The largest absolute Gasteiger partial charge is 0.368 e. The topological polar surface area (TPSA) is 85.1 Å². The van der Waals surface area contributed by atoms with E-state index >= 15 is 0 Å². The molecule has 5 heteroatoms. The van der Waals surface area contributed by atoms with E-state index in [9.17, 15) is 9.59 Å². The van der Waals surface area contributed by atoms with Gasteiger partial charge in [-0.05, 0) is 34.4 Å². The Hall–Kier alpha value is -3.47. The highest BCUT2D eigenvalue weighted by atomic mass is 16.2. The molecule has 3 aromatic rings. The van der Waals surface area contributed by atoms with E-state index in [1.54, 1.807) is 18.3 Å². The molecule has 1 atom stereocenters. The Labute approximate surface area is 150 Å². The number of carbonyl (C=O) groups is 2. The molecule has 26 heavy (non-hydrogen) atoms. The summed E-state index contributed by atoms with van der Waals surface area (Å²) < 4.78 is 0. The minimum atomic E-state index is -0.854. The number of benzene rings is 2. The second kappa shape index (κ2) is 6.44. The van der Waals surface area contributed by atoms with E-state index in [1.807, 2.05) is 48.5 Å². The molecule has 1 aliphatic rings. The fourth-order valence-electron chi connectivity index (χ4n) is 3.59. The molecule has 2 aromatic carbocycles. The van der Waals surface area contributed by atoms with Gasteiger partial charge in [-0.1, -0.05) is 48.5 Å². The van der Waals surface area contributed by atoms with Gasteiger partial charge >= 0.3 is 0 Å². The number of carbonyl (C=O) groups excluding carboxylic acids is 2. The van der Waals surface area contributed by atoms with Crippen LogP contribution in [0, 0.1) is 0 Å². The van der Waals surface area contributed by atoms with Gasteiger partial charge in [-0.2, -0.15) is 0 Å². The molecule has 0 saturated heterocycles. The van der Waals surface area contributed by atoms with Crippen molar-refractivity contribution >= 4 is 11.8 Å². The van der Waals surface area contributed by atoms with Crippen molar-refractivity contribution in [3.63, 3.8) is 0 Å². The summed E-state index contributed by atoms with van der Waals surface area (Å²) in [5.41, 5.74) is 10.2. The van der Waals surface area contributed by atoms with Gasteiger partial charge in [0.15, 0.2) is 0 Å². The van der Waals surface area contributed by atoms with Crippen LogP contribution in [0.3, 0.4) is 0 Å². The Bertz CT molecular complexity index is 940. The zero-order valence-corrected chi connectivity index (χ0v) is 13.9. The van der Waals surface area contributed by atoms with Gasteiger partial charge in [-0.25, -0.2) is 0 Å². The molecule has 4 rings (SSSR count). The first-order chi connectivity index (χ1) is 12.7. The maximum atomic E-state index is 12.6. The smallest absolute Gasteiger partial charge is 0.253 e. The number of nitrogens with one attached hydrogen (secondary N) is 1. The number of aromatic nitrogens is 1. The highest BCUT2D eigenvalue weighted by molar-refractivity contribution is 5.98. The van der Waals surface area contributed by atoms with Crippen molar-refractivity contribution in [1.29, 1.82) is 0 Å². The maximum Gasteiger partial charge on any atom is 0.253 e. The van der Waals surface area contributed by atoms with Crippen LogP contribution < -0.4 is 11.1 Å². The summed E-state index contributed by atoms with van der Waals surface area (Å²) >= 11 is 0. The fraction of sp³-hybridized carbons (Fsp3) is 0.0952. The van der Waals surface area contributed by atoms with Gasteiger partial charge in [0.05, 0.1) is 5.56 Å². The monoisotopic (exact) mass is 343 g/mol. The predicted octanol–water partition coefficient (Wildman–Crippen LogP) is 2.48. The summed E-state index contributed by atoms with van der Waals surface area (Å²) in [6.45, 7) is 0. The number of nitrogens with two attached hydrogens (primary N) is 1. The molecule has 1 heterocycles. The molecular weight excluding hydrogens is 326 g/mol. The van der Waals surface area contributed by atoms with E-state index < -0.39 is 11.9 Å². The summed E-state index contributed by atoms with van der Waals surface area (Å²) in [4.78, 5) is 28.8. The van der Waals surface area contributed by atoms with Gasteiger partial charge in [0.25, 0.3) is 5.91 Å². The highest BCUT2D eigenvalue weighted by Gasteiger charge is 2.37. The molecule has 128 valence electrons. The van der Waals surface area contributed by atoms with Crippen LogP contribution in [0.15, 0.2) is 73.1 Å². The van der Waals surface area contributed by atoms with E-state index in [-0.39, 0.29) is 11.8 Å². The van der Waals surface area contributed by atoms with Crippen LogP contribution in [-0.2, 0) is 4.79 Å². The van der Waals surface area contributed by atoms with E-state index in [1.165, 1.54) is 6.20 Å². The molecule has 0 fully saturated rings. The van der Waals surface area contributed by atoms with E-state index in [0.29, 0.717) is 5.56 Å². The van der Waals surface area contributed by atoms with Gasteiger partial charge in [0, 0.05) is 18.3 Å². The second-order valence-electron chi connectivity index (χ2n) is 6.25. The molecule has 0 radical (unpaired) electrons. The van der Waals surface area contributed by atoms with E-state index in [4.69, 9.17) is 5.73 Å². The van der Waals surface area contributed by atoms with Crippen LogP contribution in [0.1, 0.15) is 27.4 Å². The molecular formula is C21H17N3O2. The van der Waals surface area contributed by atoms with Crippen LogP contribution in [-0.4, -0.2) is 22.8 Å². The average molecular weight is 343 g/mol. The second-order valence-corrected chi connectivity index (χ2v) is 6.25. The van der Waals surface area contributed by atoms with Crippen LogP contribution in [0.25, 0.3) is 11.1 Å². The normalized spacial score (nSPS) is 13.5. The summed E-state index contributed by atoms with van der Waals surface area (Å²) in [6.07, 6.45) is 3.05. The van der Waals surface area contributed by atoms with Crippen LogP contribution in [0.2, 0.25) is 0 Å². The molecule has 3 N–H and O–H groups in total. The number of hydrogen-bond donors (Lipinski definition) is 2. The third kappa shape index (κ3) is 2.63. The van der Waals surface area contributed by atoms with Crippen molar-refractivity contribution in [2.75, 3.05) is 0 Å². The predicted molar refractivity (Wildman–Crippen MR) is 98.4 cm³/mol. The summed E-state index contributed by atoms with van der Waals surface area (Å²) in [6, 6.07) is 18.3. The van der Waals surface area contributed by atoms with Crippen LogP contribution in [0.5, 0.6) is 0 Å². The minimum Gasteiger partial charge on any atom is -0.368 e. The third-order valence-corrected chi connectivity index (χ3v) is 4.73. The number of amides is 2.